The first-order valence-corrected chi connectivity index (χ1v) is 9.90. The van der Waals surface area contributed by atoms with Gasteiger partial charge in [0.15, 0.2) is 0 Å². The summed E-state index contributed by atoms with van der Waals surface area (Å²) in [6, 6.07) is 29.9. The number of anilines is 1. The molecule has 1 unspecified atom stereocenters. The lowest BCUT2D eigenvalue weighted by atomic mass is 9.89. The van der Waals surface area contributed by atoms with Gasteiger partial charge < -0.3 is 4.98 Å². The summed E-state index contributed by atoms with van der Waals surface area (Å²) in [5.74, 6) is -0.297. The van der Waals surface area contributed by atoms with Crippen LogP contribution in [0.3, 0.4) is 0 Å². The zero-order valence-electron chi connectivity index (χ0n) is 16.4. The summed E-state index contributed by atoms with van der Waals surface area (Å²) in [4.78, 5) is 30.8. The number of aromatic nitrogens is 1. The third kappa shape index (κ3) is 2.93. The average molecular weight is 403 g/mol. The van der Waals surface area contributed by atoms with E-state index in [2.05, 4.69) is 11.1 Å². The maximum Gasteiger partial charge on any atom is 0.276 e. The fourth-order valence-electron chi connectivity index (χ4n) is 4.24. The number of nitrogens with one attached hydrogen (secondary N) is 1. The van der Waals surface area contributed by atoms with Gasteiger partial charge in [-0.3, -0.25) is 14.5 Å². The molecule has 148 valence electrons. The predicted octanol–water partition coefficient (Wildman–Crippen LogP) is 4.66. The molecule has 0 aliphatic carbocycles. The average Bonchev–Trinajstić information content (AvgIpc) is 3.11. The van der Waals surface area contributed by atoms with E-state index in [1.165, 1.54) is 0 Å². The van der Waals surface area contributed by atoms with Crippen LogP contribution in [0.5, 0.6) is 0 Å². The third-order valence-electron chi connectivity index (χ3n) is 5.54. The number of benzene rings is 3. The van der Waals surface area contributed by atoms with E-state index in [4.69, 9.17) is 0 Å². The number of fused-ring (bicyclic) bond motifs is 1. The van der Waals surface area contributed by atoms with E-state index in [0.29, 0.717) is 11.1 Å². The number of hydrogen-bond acceptors (Lipinski definition) is 3. The summed E-state index contributed by atoms with van der Waals surface area (Å²) in [6.45, 7) is 0. The Bertz CT molecular complexity index is 1370. The van der Waals surface area contributed by atoms with Gasteiger partial charge in [-0.25, -0.2) is 0 Å². The molecular weight excluding hydrogens is 386 g/mol. The smallest absolute Gasteiger partial charge is 0.276 e. The van der Waals surface area contributed by atoms with Crippen molar-refractivity contribution < 1.29 is 4.79 Å². The molecular formula is C26H17N3O2. The van der Waals surface area contributed by atoms with Crippen molar-refractivity contribution in [2.45, 2.75) is 6.04 Å². The van der Waals surface area contributed by atoms with Gasteiger partial charge in [-0.15, -0.1) is 0 Å². The normalized spacial score (nSPS) is 14.9. The van der Waals surface area contributed by atoms with Crippen LogP contribution in [0.2, 0.25) is 0 Å². The monoisotopic (exact) mass is 403 g/mol. The van der Waals surface area contributed by atoms with Gasteiger partial charge >= 0.3 is 0 Å². The molecule has 1 amide bonds. The summed E-state index contributed by atoms with van der Waals surface area (Å²) in [5.41, 5.74) is 3.15. The van der Waals surface area contributed by atoms with Gasteiger partial charge in [-0.05, 0) is 23.3 Å². The number of carbonyl (C=O) groups excluding carboxylic acids is 1. The summed E-state index contributed by atoms with van der Waals surface area (Å²) in [5, 5.41) is 9.83. The van der Waals surface area contributed by atoms with Gasteiger partial charge in [-0.1, -0.05) is 78.9 Å². The number of nitriles is 1. The van der Waals surface area contributed by atoms with Gasteiger partial charge in [-0.2, -0.15) is 5.26 Å². The van der Waals surface area contributed by atoms with Crippen LogP contribution >= 0.6 is 0 Å². The molecule has 0 saturated heterocycles. The molecule has 1 aromatic heterocycles. The molecule has 0 bridgehead atoms. The van der Waals surface area contributed by atoms with Gasteiger partial charge in [0.1, 0.15) is 17.3 Å². The predicted molar refractivity (Wildman–Crippen MR) is 119 cm³/mol. The summed E-state index contributed by atoms with van der Waals surface area (Å²) < 4.78 is 0. The van der Waals surface area contributed by atoms with Crippen molar-refractivity contribution in [3.05, 3.63) is 124 Å². The highest BCUT2D eigenvalue weighted by Crippen LogP contribution is 2.45. The highest BCUT2D eigenvalue weighted by atomic mass is 16.2. The van der Waals surface area contributed by atoms with Crippen molar-refractivity contribution in [3.63, 3.8) is 0 Å². The van der Waals surface area contributed by atoms with E-state index >= 15 is 0 Å². The summed E-state index contributed by atoms with van der Waals surface area (Å²) in [7, 11) is 0. The number of pyridine rings is 1. The Balaban J connectivity index is 1.88. The number of carbonyl (C=O) groups is 1. The first-order valence-electron chi connectivity index (χ1n) is 9.90. The van der Waals surface area contributed by atoms with Gasteiger partial charge in [0.05, 0.1) is 6.04 Å². The van der Waals surface area contributed by atoms with Crippen LogP contribution in [-0.2, 0) is 0 Å². The van der Waals surface area contributed by atoms with Crippen LogP contribution in [0.4, 0.5) is 5.69 Å². The second-order valence-electron chi connectivity index (χ2n) is 7.29. The molecule has 31 heavy (non-hydrogen) atoms. The minimum atomic E-state index is -0.560. The number of aromatic amines is 1. The number of nitrogens with zero attached hydrogens (tertiary/aromatic N) is 2. The third-order valence-corrected chi connectivity index (χ3v) is 5.54. The highest BCUT2D eigenvalue weighted by molar-refractivity contribution is 6.12. The van der Waals surface area contributed by atoms with Crippen LogP contribution in [0.15, 0.2) is 95.8 Å². The SMILES string of the molecule is N#Cc1c(-c2ccccc2)c2c([nH]c1=O)C(=O)N(c1ccccc1)C2c1ccccc1. The molecule has 3 aromatic carbocycles. The summed E-state index contributed by atoms with van der Waals surface area (Å²) in [6.07, 6.45) is 0. The van der Waals surface area contributed by atoms with Crippen molar-refractivity contribution in [1.82, 2.24) is 4.98 Å². The summed E-state index contributed by atoms with van der Waals surface area (Å²) >= 11 is 0. The van der Waals surface area contributed by atoms with E-state index < -0.39 is 11.6 Å². The van der Waals surface area contributed by atoms with Crippen molar-refractivity contribution in [2.24, 2.45) is 0 Å². The fourth-order valence-corrected chi connectivity index (χ4v) is 4.24. The van der Waals surface area contributed by atoms with Crippen LogP contribution in [0, 0.1) is 11.3 Å². The Morgan fingerprint density at radius 1 is 0.806 bits per heavy atom. The number of rotatable bonds is 3. The lowest BCUT2D eigenvalue weighted by molar-refractivity contribution is 0.0989. The molecule has 0 fully saturated rings. The largest absolute Gasteiger partial charge is 0.316 e. The Labute approximate surface area is 178 Å². The van der Waals surface area contributed by atoms with E-state index in [1.54, 1.807) is 4.90 Å². The number of hydrogen-bond donors (Lipinski definition) is 1. The van der Waals surface area contributed by atoms with Crippen LogP contribution < -0.4 is 10.5 Å². The molecule has 1 aliphatic rings. The minimum absolute atomic E-state index is 0.00796. The van der Waals surface area contributed by atoms with Gasteiger partial charge in [0.25, 0.3) is 11.5 Å². The minimum Gasteiger partial charge on any atom is -0.316 e. The molecule has 5 rings (SSSR count). The molecule has 5 nitrogen and oxygen atoms in total. The van der Waals surface area contributed by atoms with Crippen molar-refractivity contribution >= 4 is 11.6 Å². The van der Waals surface area contributed by atoms with E-state index in [9.17, 15) is 14.9 Å². The molecule has 1 atom stereocenters. The molecule has 4 aromatic rings. The number of amides is 1. The quantitative estimate of drug-likeness (QED) is 0.540. The van der Waals surface area contributed by atoms with Crippen LogP contribution in [-0.4, -0.2) is 10.9 Å². The van der Waals surface area contributed by atoms with Crippen molar-refractivity contribution in [1.29, 1.82) is 5.26 Å². The molecule has 2 heterocycles. The number of H-pyrrole nitrogens is 1. The van der Waals surface area contributed by atoms with E-state index in [1.807, 2.05) is 91.0 Å². The molecule has 0 saturated carbocycles. The Morgan fingerprint density at radius 2 is 1.39 bits per heavy atom. The van der Waals surface area contributed by atoms with E-state index in [0.717, 1.165) is 16.8 Å². The Hall–Kier alpha value is -4.43. The standard InChI is InChI=1S/C26H17N3O2/c27-16-20-21(17-10-4-1-5-11-17)22-23(28-25(20)30)26(31)29(19-14-8-3-9-15-19)24(22)18-12-6-2-7-13-18/h1-15,24H,(H,28,30). The Morgan fingerprint density at radius 3 is 2.00 bits per heavy atom. The maximum absolute atomic E-state index is 13.6. The first kappa shape index (κ1) is 18.6. The van der Waals surface area contributed by atoms with Gasteiger partial charge in [0, 0.05) is 16.8 Å². The second-order valence-corrected chi connectivity index (χ2v) is 7.29. The zero-order valence-corrected chi connectivity index (χ0v) is 16.4. The number of para-hydroxylation sites is 1. The lowest BCUT2D eigenvalue weighted by Crippen LogP contribution is -2.28. The van der Waals surface area contributed by atoms with Gasteiger partial charge in [0.2, 0.25) is 0 Å². The Kier molecular flexibility index (Phi) is 4.46. The zero-order chi connectivity index (χ0) is 21.4. The molecule has 0 spiro atoms. The fraction of sp³-hybridized carbons (Fsp3) is 0.0385. The molecule has 0 radical (unpaired) electrons. The van der Waals surface area contributed by atoms with Crippen molar-refractivity contribution in [2.75, 3.05) is 4.90 Å². The molecule has 1 aliphatic heterocycles. The maximum atomic E-state index is 13.6. The highest BCUT2D eigenvalue weighted by Gasteiger charge is 2.42. The lowest BCUT2D eigenvalue weighted by Gasteiger charge is -2.26. The topological polar surface area (TPSA) is 77.0 Å². The molecule has 1 N–H and O–H groups in total. The van der Waals surface area contributed by atoms with Crippen molar-refractivity contribution in [3.8, 4) is 17.2 Å². The van der Waals surface area contributed by atoms with E-state index in [-0.39, 0.29) is 17.2 Å². The van der Waals surface area contributed by atoms with Crippen LogP contribution in [0.1, 0.15) is 33.2 Å². The van der Waals surface area contributed by atoms with Crippen LogP contribution in [0.25, 0.3) is 11.1 Å². The second kappa shape index (κ2) is 7.43. The molecule has 5 heteroatoms. The first-order chi connectivity index (χ1) is 15.2.